The van der Waals surface area contributed by atoms with Crippen LogP contribution in [0.1, 0.15) is 45.3 Å². The van der Waals surface area contributed by atoms with E-state index in [0.717, 1.165) is 67.9 Å². The quantitative estimate of drug-likeness (QED) is 0.212. The van der Waals surface area contributed by atoms with E-state index in [2.05, 4.69) is 32.7 Å². The number of anilines is 1. The summed E-state index contributed by atoms with van der Waals surface area (Å²) < 4.78 is 11.3. The number of aromatic nitrogens is 1. The van der Waals surface area contributed by atoms with Crippen LogP contribution in [0.3, 0.4) is 0 Å². The lowest BCUT2D eigenvalue weighted by Crippen LogP contribution is -2.45. The van der Waals surface area contributed by atoms with E-state index in [0.29, 0.717) is 28.2 Å². The van der Waals surface area contributed by atoms with Crippen LogP contribution in [-0.2, 0) is 27.4 Å². The van der Waals surface area contributed by atoms with Gasteiger partial charge in [0.25, 0.3) is 5.91 Å². The Hall–Kier alpha value is -4.23. The fraction of sp³-hybridized carbons (Fsp3) is 0.333. The van der Waals surface area contributed by atoms with Crippen LogP contribution in [0, 0.1) is 0 Å². The van der Waals surface area contributed by atoms with Gasteiger partial charge >= 0.3 is 6.09 Å². The number of hydrogen-bond donors (Lipinski definition) is 2. The van der Waals surface area contributed by atoms with Gasteiger partial charge < -0.3 is 20.1 Å². The molecule has 7 rings (SSSR count). The Bertz CT molecular complexity index is 1740. The molecule has 3 heterocycles. The Morgan fingerprint density at radius 2 is 1.71 bits per heavy atom. The Kier molecular flexibility index (Phi) is 10.0. The van der Waals surface area contributed by atoms with Gasteiger partial charge in [-0.1, -0.05) is 66.7 Å². The monoisotopic (exact) mass is 683 g/mol. The summed E-state index contributed by atoms with van der Waals surface area (Å²) in [6, 6.07) is 24.6. The second-order valence-electron chi connectivity index (χ2n) is 12.1. The number of nitrogens with one attached hydrogen (secondary N) is 2. The van der Waals surface area contributed by atoms with Crippen molar-refractivity contribution in [1.82, 2.24) is 20.1 Å². The molecule has 48 heavy (non-hydrogen) atoms. The number of thioether (sulfide) groups is 1. The van der Waals surface area contributed by atoms with Gasteiger partial charge in [-0.25, -0.2) is 9.78 Å². The van der Waals surface area contributed by atoms with E-state index >= 15 is 0 Å². The summed E-state index contributed by atoms with van der Waals surface area (Å²) >= 11 is 2.86. The number of amides is 3. The first-order chi connectivity index (χ1) is 23.5. The highest BCUT2D eigenvalue weighted by atomic mass is 32.2. The van der Waals surface area contributed by atoms with Crippen molar-refractivity contribution in [2.75, 3.05) is 37.4 Å². The topological polar surface area (TPSA) is 113 Å². The number of rotatable bonds is 10. The molecule has 0 bridgehead atoms. The minimum absolute atomic E-state index is 0.0707. The molecular weight excluding hydrogens is 647 g/mol. The Morgan fingerprint density at radius 3 is 2.48 bits per heavy atom. The van der Waals surface area contributed by atoms with Crippen LogP contribution in [0.5, 0.6) is 0 Å². The van der Waals surface area contributed by atoms with E-state index in [-0.39, 0.29) is 18.4 Å². The van der Waals surface area contributed by atoms with Crippen LogP contribution in [0.15, 0.2) is 84.2 Å². The molecule has 2 unspecified atom stereocenters. The lowest BCUT2D eigenvalue weighted by Gasteiger charge is -2.29. The molecule has 4 aromatic rings. The van der Waals surface area contributed by atoms with Gasteiger partial charge in [0.2, 0.25) is 5.91 Å². The summed E-state index contributed by atoms with van der Waals surface area (Å²) in [4.78, 5) is 48.5. The van der Waals surface area contributed by atoms with E-state index in [4.69, 9.17) is 9.47 Å². The Balaban J connectivity index is 1.06. The lowest BCUT2D eigenvalue weighted by molar-refractivity contribution is -0.120. The van der Waals surface area contributed by atoms with Crippen molar-refractivity contribution in [3.8, 4) is 11.3 Å². The lowest BCUT2D eigenvalue weighted by atomic mass is 10.1. The van der Waals surface area contributed by atoms with E-state index in [9.17, 15) is 14.4 Å². The van der Waals surface area contributed by atoms with Gasteiger partial charge in [-0.15, -0.1) is 23.1 Å². The van der Waals surface area contributed by atoms with Gasteiger partial charge in [-0.2, -0.15) is 0 Å². The normalized spacial score (nSPS) is 19.5. The van der Waals surface area contributed by atoms with Crippen molar-refractivity contribution in [1.29, 1.82) is 0 Å². The fourth-order valence-corrected chi connectivity index (χ4v) is 7.92. The van der Waals surface area contributed by atoms with E-state index in [1.807, 2.05) is 60.0 Å². The third-order valence-corrected chi connectivity index (χ3v) is 10.6. The molecule has 3 aliphatic rings. The smallest absolute Gasteiger partial charge is 0.412 e. The standard InChI is InChI=1S/C36H37N5O5S2/c42-32(37-29-13-14-29)27-11-9-26(10-12-27)30-22-48-35(38-30)39-33(43)31-23-47-34(41(31)36(44)46-21-24-5-2-1-3-6-24)28-8-4-7-25(19-28)20-40-15-17-45-18-16-40/h1-12,19,22,29,31,34H,13-18,20-21,23H2,(H,37,42)(H,38,39,43). The average molecular weight is 684 g/mol. The number of thiazole rings is 1. The molecule has 248 valence electrons. The van der Waals surface area contributed by atoms with Crippen molar-refractivity contribution in [2.24, 2.45) is 0 Å². The molecule has 0 spiro atoms. The Morgan fingerprint density at radius 1 is 0.938 bits per heavy atom. The molecule has 2 aliphatic heterocycles. The van der Waals surface area contributed by atoms with Gasteiger partial charge in [0, 0.05) is 47.9 Å². The molecule has 2 saturated heterocycles. The van der Waals surface area contributed by atoms with E-state index < -0.39 is 17.5 Å². The van der Waals surface area contributed by atoms with Gasteiger partial charge in [-0.05, 0) is 41.7 Å². The fourth-order valence-electron chi connectivity index (χ4n) is 5.79. The number of carbonyl (C=O) groups excluding carboxylic acids is 3. The molecule has 3 amide bonds. The van der Waals surface area contributed by atoms with Crippen LogP contribution >= 0.6 is 23.1 Å². The molecule has 2 N–H and O–H groups in total. The SMILES string of the molecule is O=C(NC1CC1)c1ccc(-c2csc(NC(=O)C3CSC(c4cccc(CN5CCOCC5)c4)N3C(=O)OCc3ccccc3)n2)cc1. The highest BCUT2D eigenvalue weighted by Gasteiger charge is 2.43. The van der Waals surface area contributed by atoms with Crippen molar-refractivity contribution in [3.05, 3.63) is 106 Å². The zero-order valence-electron chi connectivity index (χ0n) is 26.4. The van der Waals surface area contributed by atoms with Crippen molar-refractivity contribution in [3.63, 3.8) is 0 Å². The summed E-state index contributed by atoms with van der Waals surface area (Å²) in [5, 5.41) is 7.86. The summed E-state index contributed by atoms with van der Waals surface area (Å²) in [6.07, 6.45) is 1.53. The number of benzene rings is 3. The minimum atomic E-state index is -0.761. The molecule has 3 fully saturated rings. The summed E-state index contributed by atoms with van der Waals surface area (Å²) in [5.74, 6) is 0.0191. The average Bonchev–Trinajstić information content (AvgIpc) is 3.62. The van der Waals surface area contributed by atoms with Gasteiger partial charge in [-0.3, -0.25) is 19.4 Å². The maximum absolute atomic E-state index is 13.8. The third kappa shape index (κ3) is 7.90. The van der Waals surface area contributed by atoms with Crippen LogP contribution < -0.4 is 10.6 Å². The highest BCUT2D eigenvalue weighted by Crippen LogP contribution is 2.42. The molecule has 12 heteroatoms. The predicted octanol–water partition coefficient (Wildman–Crippen LogP) is 5.93. The van der Waals surface area contributed by atoms with Crippen LogP contribution in [0.2, 0.25) is 0 Å². The second-order valence-corrected chi connectivity index (χ2v) is 14.1. The van der Waals surface area contributed by atoms with Crippen LogP contribution in [0.4, 0.5) is 9.93 Å². The largest absolute Gasteiger partial charge is 0.444 e. The van der Waals surface area contributed by atoms with Crippen molar-refractivity contribution >= 4 is 46.1 Å². The molecular formula is C36H37N5O5S2. The zero-order valence-corrected chi connectivity index (χ0v) is 28.0. The first-order valence-electron chi connectivity index (χ1n) is 16.2. The molecule has 3 aromatic carbocycles. The second kappa shape index (κ2) is 14.9. The highest BCUT2D eigenvalue weighted by molar-refractivity contribution is 7.99. The molecule has 10 nitrogen and oxygen atoms in total. The number of nitrogens with zero attached hydrogens (tertiary/aromatic N) is 3. The number of morpholine rings is 1. The van der Waals surface area contributed by atoms with E-state index in [1.54, 1.807) is 28.8 Å². The molecule has 2 atom stereocenters. The van der Waals surface area contributed by atoms with Crippen LogP contribution in [-0.4, -0.2) is 76.8 Å². The minimum Gasteiger partial charge on any atom is -0.444 e. The summed E-state index contributed by atoms with van der Waals surface area (Å²) in [6.45, 7) is 4.10. The first-order valence-corrected chi connectivity index (χ1v) is 18.1. The van der Waals surface area contributed by atoms with Crippen LogP contribution in [0.25, 0.3) is 11.3 Å². The number of ether oxygens (including phenoxy) is 2. The third-order valence-electron chi connectivity index (χ3n) is 8.55. The van der Waals surface area contributed by atoms with Gasteiger partial charge in [0.1, 0.15) is 18.0 Å². The van der Waals surface area contributed by atoms with Crippen molar-refractivity contribution in [2.45, 2.75) is 43.5 Å². The summed E-state index contributed by atoms with van der Waals surface area (Å²) in [5.41, 5.74) is 5.10. The number of carbonyl (C=O) groups is 3. The number of hydrogen-bond acceptors (Lipinski definition) is 9. The molecule has 0 radical (unpaired) electrons. The molecule has 1 aliphatic carbocycles. The van der Waals surface area contributed by atoms with Gasteiger partial charge in [0.05, 0.1) is 18.9 Å². The first kappa shape index (κ1) is 32.3. The Labute approximate surface area is 287 Å². The van der Waals surface area contributed by atoms with Crippen molar-refractivity contribution < 1.29 is 23.9 Å². The van der Waals surface area contributed by atoms with E-state index in [1.165, 1.54) is 11.3 Å². The zero-order chi connectivity index (χ0) is 32.9. The summed E-state index contributed by atoms with van der Waals surface area (Å²) in [7, 11) is 0. The van der Waals surface area contributed by atoms with Gasteiger partial charge in [0.15, 0.2) is 5.13 Å². The molecule has 1 saturated carbocycles. The molecule has 1 aromatic heterocycles. The maximum Gasteiger partial charge on any atom is 0.412 e. The predicted molar refractivity (Wildman–Crippen MR) is 187 cm³/mol. The maximum atomic E-state index is 13.8.